The molecule has 0 aromatic rings. The van der Waals surface area contributed by atoms with Crippen molar-refractivity contribution in [3.05, 3.63) is 0 Å². The van der Waals surface area contributed by atoms with Crippen LogP contribution in [0.3, 0.4) is 0 Å². The van der Waals surface area contributed by atoms with Gasteiger partial charge in [0.1, 0.15) is 0 Å². The minimum absolute atomic E-state index is 0. The Morgan fingerprint density at radius 1 is 0.300 bits per heavy atom. The molecule has 0 heterocycles. The maximum atomic E-state index is 8.42. The van der Waals surface area contributed by atoms with Gasteiger partial charge in [-0.25, -0.2) is 0 Å². The summed E-state index contributed by atoms with van der Waals surface area (Å²) in [6.07, 6.45) is 0. The van der Waals surface area contributed by atoms with Crippen LogP contribution >= 0.6 is 0 Å². The van der Waals surface area contributed by atoms with E-state index in [-0.39, 0.29) is 118 Å². The molecule has 0 aliphatic heterocycles. The second kappa shape index (κ2) is 134. The van der Waals surface area contributed by atoms with Crippen molar-refractivity contribution in [1.82, 2.24) is 0 Å². The van der Waals surface area contributed by atoms with Crippen LogP contribution in [0.15, 0.2) is 0 Å². The Hall–Kier alpha value is 1.83. The zero-order valence-electron chi connectivity index (χ0n) is 10.2. The molecule has 0 saturated carbocycles. The summed E-state index contributed by atoms with van der Waals surface area (Å²) >= 11 is 0. The summed E-state index contributed by atoms with van der Waals surface area (Å²) in [5.74, 6) is 0. The molecule has 0 fully saturated rings. The van der Waals surface area contributed by atoms with Gasteiger partial charge in [0.15, 0.2) is 0 Å². The van der Waals surface area contributed by atoms with Crippen LogP contribution in [-0.2, 0) is 0 Å². The van der Waals surface area contributed by atoms with Gasteiger partial charge >= 0.3 is 69.2 Å². The van der Waals surface area contributed by atoms with Crippen LogP contribution in [0.4, 0.5) is 0 Å². The van der Waals surface area contributed by atoms with Crippen LogP contribution in [0.5, 0.6) is 0 Å². The molecule has 120 valence electrons. The molecule has 0 atom stereocenters. The van der Waals surface area contributed by atoms with Crippen molar-refractivity contribution in [2.24, 2.45) is 0 Å². The number of hydrogen-bond donors (Lipinski definition) is 0. The Balaban J connectivity index is -0.00000000187. The second-order valence-corrected chi connectivity index (χ2v) is 0.577. The minimum atomic E-state index is -2.92. The molecule has 0 spiro atoms. The van der Waals surface area contributed by atoms with Gasteiger partial charge in [0.25, 0.3) is 0 Å². The third-order valence-electron chi connectivity index (χ3n) is 0. The number of rotatable bonds is 0. The Labute approximate surface area is 162 Å². The Morgan fingerprint density at radius 3 is 0.300 bits per heavy atom. The first kappa shape index (κ1) is 155. The van der Waals surface area contributed by atoms with Gasteiger partial charge in [-0.2, -0.15) is 0 Å². The molecule has 0 aromatic carbocycles. The Morgan fingerprint density at radius 2 is 0.300 bits per heavy atom. The van der Waals surface area contributed by atoms with E-state index in [0.717, 1.165) is 0 Å². The second-order valence-electron chi connectivity index (χ2n) is 0.577. The van der Waals surface area contributed by atoms with Crippen LogP contribution < -0.4 is 30.1 Å². The van der Waals surface area contributed by atoms with E-state index in [1.165, 1.54) is 0 Å². The monoisotopic (exact) mass is 352 g/mol. The average Bonchev–Trinajstić information content (AvgIpc) is 1.25. The molecule has 20 heteroatoms. The molecule has 0 aliphatic rings. The summed E-state index contributed by atoms with van der Waals surface area (Å²) in [6.45, 7) is 0. The summed E-state index contributed by atoms with van der Waals surface area (Å²) in [5, 5.41) is 50.5. The molecule has 0 radical (unpaired) electrons. The van der Waals surface area contributed by atoms with Gasteiger partial charge in [-0.05, 0) is 0 Å². The molecule has 0 rings (SSSR count). The molecule has 15 nitrogen and oxygen atoms in total. The van der Waals surface area contributed by atoms with Crippen LogP contribution in [0, 0.1) is 0 Å². The van der Waals surface area contributed by atoms with E-state index in [2.05, 4.69) is 0 Å². The van der Waals surface area contributed by atoms with Crippen molar-refractivity contribution in [2.45, 2.75) is 0 Å². The summed E-state index contributed by atoms with van der Waals surface area (Å²) < 4.78 is 0. The van der Waals surface area contributed by atoms with E-state index in [1.54, 1.807) is 0 Å². The minimum Gasteiger partial charge on any atom is -0.907 e. The first-order chi connectivity index (χ1) is 3.46. The average molecular weight is 353 g/mol. The summed E-state index contributed by atoms with van der Waals surface area (Å²) in [6, 6.07) is 0. The van der Waals surface area contributed by atoms with Crippen LogP contribution in [0.1, 0.15) is 0 Å². The van der Waals surface area contributed by atoms with Crippen molar-refractivity contribution in [3.8, 4) is 0 Å². The molecule has 0 aliphatic carbocycles. The Bertz CT molecular complexity index is 36.6. The molecule has 0 amide bonds. The van der Waals surface area contributed by atoms with Crippen molar-refractivity contribution in [3.63, 3.8) is 0 Å². The van der Waals surface area contributed by atoms with Crippen LogP contribution in [0.25, 0.3) is 0 Å². The van der Waals surface area contributed by atoms with E-state index in [0.29, 0.717) is 0 Å². The first-order valence-electron chi connectivity index (χ1n) is 1.41. The van der Waals surface area contributed by atoms with Gasteiger partial charge in [0, 0.05) is 0 Å². The fraction of sp³-hybridized carbons (Fsp3) is 0. The molecular weight excluding hydrogens is 335 g/mol. The SMILES string of the molecule is O.O.O.O.O.O.O.O.O.[Mg+2].[Mg+2].[Mg+2].[O-]B([O-])[O-].[O-]B([O-])[O-]. The molecular formula is H18B2Mg3O15. The molecule has 0 bridgehead atoms. The van der Waals surface area contributed by atoms with Crippen molar-refractivity contribution in [2.75, 3.05) is 0 Å². The molecule has 0 saturated heterocycles. The summed E-state index contributed by atoms with van der Waals surface area (Å²) in [4.78, 5) is 0. The van der Waals surface area contributed by atoms with Gasteiger partial charge in [-0.3, -0.25) is 14.6 Å². The predicted octanol–water partition coefficient (Wildman–Crippen LogP) is -16.5. The van der Waals surface area contributed by atoms with E-state index >= 15 is 0 Å². The van der Waals surface area contributed by atoms with E-state index in [4.69, 9.17) is 30.1 Å². The van der Waals surface area contributed by atoms with Crippen molar-refractivity contribution >= 4 is 83.8 Å². The molecule has 20 heavy (non-hydrogen) atoms. The number of hydrogen-bond acceptors (Lipinski definition) is 6. The third-order valence-corrected chi connectivity index (χ3v) is 0. The van der Waals surface area contributed by atoms with E-state index in [1.807, 2.05) is 0 Å². The fourth-order valence-corrected chi connectivity index (χ4v) is 0. The zero-order chi connectivity index (χ0) is 7.15. The van der Waals surface area contributed by atoms with Gasteiger partial charge in [-0.1, -0.05) is 0 Å². The topological polar surface area (TPSA) is 422 Å². The van der Waals surface area contributed by atoms with Gasteiger partial charge in [0.2, 0.25) is 0 Å². The zero-order valence-corrected chi connectivity index (χ0v) is 14.5. The van der Waals surface area contributed by atoms with E-state index in [9.17, 15) is 0 Å². The first-order valence-corrected chi connectivity index (χ1v) is 1.41. The van der Waals surface area contributed by atoms with Gasteiger partial charge in [-0.15, -0.1) is 0 Å². The molecule has 0 aromatic heterocycles. The van der Waals surface area contributed by atoms with Gasteiger partial charge in [0.05, 0.1) is 0 Å². The normalized spacial score (nSPS) is 2.70. The van der Waals surface area contributed by atoms with Crippen molar-refractivity contribution in [1.29, 1.82) is 0 Å². The van der Waals surface area contributed by atoms with Crippen LogP contribution in [0.2, 0.25) is 0 Å². The summed E-state index contributed by atoms with van der Waals surface area (Å²) in [7, 11) is -5.83. The smallest absolute Gasteiger partial charge is 0.907 e. The third kappa shape index (κ3) is 2100. The van der Waals surface area contributed by atoms with Crippen molar-refractivity contribution < 1.29 is 79.4 Å². The Kier molecular flexibility index (Phi) is 1030. The standard InChI is InChI=1S/2BO3.3Mg.9H2O/c2*2-1(3)4;;;;;;;;;;;;/h;;;;;9*1H2/q2*-3;3*+2;;;;;;;;;. The predicted molar refractivity (Wildman–Crippen MR) is 61.3 cm³/mol. The van der Waals surface area contributed by atoms with Gasteiger partial charge < -0.3 is 79.4 Å². The fourth-order valence-electron chi connectivity index (χ4n) is 0. The van der Waals surface area contributed by atoms with E-state index < -0.39 is 14.6 Å². The molecule has 0 unspecified atom stereocenters. The largest absolute Gasteiger partial charge is 2.00 e. The molecule has 18 N–H and O–H groups in total. The quantitative estimate of drug-likeness (QED) is 0.380. The maximum absolute atomic E-state index is 8.42. The maximum Gasteiger partial charge on any atom is 2.00 e. The van der Waals surface area contributed by atoms with Crippen LogP contribution in [-0.4, -0.2) is 133 Å². The summed E-state index contributed by atoms with van der Waals surface area (Å²) in [5.41, 5.74) is 0.